The first-order valence-electron chi connectivity index (χ1n) is 9.72. The molecule has 9 heteroatoms. The molecule has 0 spiro atoms. The summed E-state index contributed by atoms with van der Waals surface area (Å²) in [5.41, 5.74) is 3.54. The Morgan fingerprint density at radius 1 is 1.37 bits per heavy atom. The van der Waals surface area contributed by atoms with E-state index in [9.17, 15) is 9.59 Å². The van der Waals surface area contributed by atoms with Crippen LogP contribution in [0.5, 0.6) is 0 Å². The summed E-state index contributed by atoms with van der Waals surface area (Å²) < 4.78 is 3.31. The van der Waals surface area contributed by atoms with Gasteiger partial charge in [0.15, 0.2) is 10.8 Å². The van der Waals surface area contributed by atoms with Crippen molar-refractivity contribution >= 4 is 28.7 Å². The van der Waals surface area contributed by atoms with Gasteiger partial charge in [-0.15, -0.1) is 0 Å². The fourth-order valence-corrected chi connectivity index (χ4v) is 4.66. The fraction of sp³-hybridized carbons (Fsp3) is 0.381. The first-order valence-corrected chi connectivity index (χ1v) is 10.7. The molecule has 1 aliphatic heterocycles. The van der Waals surface area contributed by atoms with Gasteiger partial charge in [-0.1, -0.05) is 17.8 Å². The van der Waals surface area contributed by atoms with Crippen LogP contribution in [0.3, 0.4) is 0 Å². The van der Waals surface area contributed by atoms with Gasteiger partial charge in [-0.2, -0.15) is 10.4 Å². The number of benzene rings is 1. The Bertz CT molecular complexity index is 1240. The maximum Gasteiger partial charge on any atom is 0.265 e. The number of hydrogen-bond donors (Lipinski definition) is 0. The van der Waals surface area contributed by atoms with E-state index < -0.39 is 0 Å². The zero-order chi connectivity index (χ0) is 21.4. The standard InChI is InChI=1S/C21H22N6O2S/c1-13-5-6-15(9-14(13)2)27-19-17(11-23-27)20(29)26-16(12-30-21(26)24-19)10-18(28)25(3)8-4-7-22/h5-6,9,11,16H,4,8,10,12H2,1-3H3. The maximum absolute atomic E-state index is 13.2. The number of amides is 1. The molecule has 0 saturated heterocycles. The molecule has 0 bridgehead atoms. The van der Waals surface area contributed by atoms with Gasteiger partial charge in [-0.3, -0.25) is 14.2 Å². The van der Waals surface area contributed by atoms with E-state index in [1.807, 2.05) is 38.1 Å². The molecule has 1 amide bonds. The monoisotopic (exact) mass is 422 g/mol. The van der Waals surface area contributed by atoms with Gasteiger partial charge >= 0.3 is 0 Å². The van der Waals surface area contributed by atoms with E-state index in [1.54, 1.807) is 27.4 Å². The van der Waals surface area contributed by atoms with Gasteiger partial charge in [-0.05, 0) is 37.1 Å². The van der Waals surface area contributed by atoms with Gasteiger partial charge in [0.25, 0.3) is 5.56 Å². The highest BCUT2D eigenvalue weighted by Crippen LogP contribution is 2.33. The van der Waals surface area contributed by atoms with Crippen LogP contribution in [0.15, 0.2) is 34.3 Å². The minimum absolute atomic E-state index is 0.0819. The molecule has 1 atom stereocenters. The van der Waals surface area contributed by atoms with Gasteiger partial charge in [0.1, 0.15) is 5.39 Å². The van der Waals surface area contributed by atoms with Crippen LogP contribution >= 0.6 is 11.8 Å². The Morgan fingerprint density at radius 2 is 2.17 bits per heavy atom. The molecule has 30 heavy (non-hydrogen) atoms. The number of carbonyl (C=O) groups is 1. The van der Waals surface area contributed by atoms with Crippen LogP contribution in [0, 0.1) is 25.2 Å². The highest BCUT2D eigenvalue weighted by molar-refractivity contribution is 7.99. The summed E-state index contributed by atoms with van der Waals surface area (Å²) in [6.45, 7) is 4.47. The third-order valence-corrected chi connectivity index (χ3v) is 6.60. The lowest BCUT2D eigenvalue weighted by molar-refractivity contribution is -0.130. The molecule has 0 fully saturated rings. The van der Waals surface area contributed by atoms with Crippen LogP contribution in [0.4, 0.5) is 0 Å². The summed E-state index contributed by atoms with van der Waals surface area (Å²) in [6, 6.07) is 7.81. The Labute approximate surface area is 178 Å². The molecule has 3 heterocycles. The molecular formula is C21H22N6O2S. The average molecular weight is 423 g/mol. The Morgan fingerprint density at radius 3 is 2.90 bits per heavy atom. The SMILES string of the molecule is Cc1ccc(-n2ncc3c(=O)n4c(nc32)SCC4CC(=O)N(C)CCC#N)cc1C. The van der Waals surface area contributed by atoms with E-state index in [1.165, 1.54) is 17.3 Å². The van der Waals surface area contributed by atoms with E-state index in [0.717, 1.165) is 11.3 Å². The number of carbonyl (C=O) groups excluding carboxylic acids is 1. The van der Waals surface area contributed by atoms with Gasteiger partial charge in [0.2, 0.25) is 5.91 Å². The summed E-state index contributed by atoms with van der Waals surface area (Å²) >= 11 is 1.48. The van der Waals surface area contributed by atoms with Gasteiger partial charge in [0, 0.05) is 25.8 Å². The zero-order valence-electron chi connectivity index (χ0n) is 17.1. The molecule has 8 nitrogen and oxygen atoms in total. The van der Waals surface area contributed by atoms with Gasteiger partial charge < -0.3 is 4.90 Å². The van der Waals surface area contributed by atoms with Crippen molar-refractivity contribution in [2.45, 2.75) is 37.9 Å². The first-order chi connectivity index (χ1) is 14.4. The van der Waals surface area contributed by atoms with Crippen molar-refractivity contribution in [3.63, 3.8) is 0 Å². The molecule has 1 aromatic carbocycles. The van der Waals surface area contributed by atoms with Crippen molar-refractivity contribution in [2.75, 3.05) is 19.3 Å². The topological polar surface area (TPSA) is 96.8 Å². The lowest BCUT2D eigenvalue weighted by Crippen LogP contribution is -2.32. The van der Waals surface area contributed by atoms with E-state index in [-0.39, 0.29) is 30.3 Å². The summed E-state index contributed by atoms with van der Waals surface area (Å²) in [7, 11) is 1.68. The van der Waals surface area contributed by atoms with Crippen molar-refractivity contribution in [3.8, 4) is 11.8 Å². The third kappa shape index (κ3) is 3.48. The van der Waals surface area contributed by atoms with Crippen LogP contribution < -0.4 is 5.56 Å². The number of aryl methyl sites for hydroxylation is 2. The lowest BCUT2D eigenvalue weighted by Gasteiger charge is -2.19. The summed E-state index contributed by atoms with van der Waals surface area (Å²) in [5, 5.41) is 14.2. The fourth-order valence-electron chi connectivity index (χ4n) is 3.53. The average Bonchev–Trinajstić information content (AvgIpc) is 3.33. The van der Waals surface area contributed by atoms with Crippen molar-refractivity contribution < 1.29 is 4.79 Å². The normalized spacial score (nSPS) is 15.2. The van der Waals surface area contributed by atoms with Crippen LogP contribution in [-0.2, 0) is 4.79 Å². The highest BCUT2D eigenvalue weighted by atomic mass is 32.2. The summed E-state index contributed by atoms with van der Waals surface area (Å²) in [5.74, 6) is 0.533. The van der Waals surface area contributed by atoms with Crippen molar-refractivity contribution in [2.24, 2.45) is 0 Å². The van der Waals surface area contributed by atoms with E-state index in [0.29, 0.717) is 28.5 Å². The molecule has 3 aromatic rings. The first kappa shape index (κ1) is 20.2. The Hall–Kier alpha value is -3.12. The van der Waals surface area contributed by atoms with Crippen molar-refractivity contribution in [3.05, 3.63) is 45.9 Å². The number of aromatic nitrogens is 4. The number of fused-ring (bicyclic) bond motifs is 2. The molecule has 154 valence electrons. The smallest absolute Gasteiger partial charge is 0.265 e. The predicted octanol–water partition coefficient (Wildman–Crippen LogP) is 2.61. The van der Waals surface area contributed by atoms with E-state index in [2.05, 4.69) is 5.10 Å². The van der Waals surface area contributed by atoms with Gasteiger partial charge in [-0.25, -0.2) is 9.67 Å². The third-order valence-electron chi connectivity index (χ3n) is 5.50. The lowest BCUT2D eigenvalue weighted by atomic mass is 10.1. The molecule has 1 unspecified atom stereocenters. The van der Waals surface area contributed by atoms with Crippen LogP contribution in [0.25, 0.3) is 16.7 Å². The van der Waals surface area contributed by atoms with Crippen LogP contribution in [-0.4, -0.2) is 49.5 Å². The molecule has 2 aromatic heterocycles. The highest BCUT2D eigenvalue weighted by Gasteiger charge is 2.30. The van der Waals surface area contributed by atoms with Crippen LogP contribution in [0.2, 0.25) is 0 Å². The molecule has 1 aliphatic rings. The molecule has 0 N–H and O–H groups in total. The van der Waals surface area contributed by atoms with Crippen molar-refractivity contribution in [1.29, 1.82) is 5.26 Å². The number of nitriles is 1. The predicted molar refractivity (Wildman–Crippen MR) is 115 cm³/mol. The zero-order valence-corrected chi connectivity index (χ0v) is 17.9. The second-order valence-electron chi connectivity index (χ2n) is 7.52. The van der Waals surface area contributed by atoms with Crippen LogP contribution in [0.1, 0.15) is 30.0 Å². The van der Waals surface area contributed by atoms with Gasteiger partial charge in [0.05, 0.1) is 30.4 Å². The number of nitrogens with zero attached hydrogens (tertiary/aromatic N) is 6. The number of thioether (sulfide) groups is 1. The van der Waals surface area contributed by atoms with Crippen molar-refractivity contribution in [1.82, 2.24) is 24.2 Å². The largest absolute Gasteiger partial charge is 0.345 e. The minimum Gasteiger partial charge on any atom is -0.345 e. The van der Waals surface area contributed by atoms with E-state index in [4.69, 9.17) is 10.2 Å². The molecule has 0 aliphatic carbocycles. The number of rotatable bonds is 5. The Kier molecular flexibility index (Phi) is 5.35. The molecule has 0 radical (unpaired) electrons. The van der Waals surface area contributed by atoms with E-state index >= 15 is 0 Å². The molecular weight excluding hydrogens is 400 g/mol. The number of hydrogen-bond acceptors (Lipinski definition) is 6. The quantitative estimate of drug-likeness (QED) is 0.587. The second-order valence-corrected chi connectivity index (χ2v) is 8.51. The molecule has 4 rings (SSSR count). The Balaban J connectivity index is 1.68. The second kappa shape index (κ2) is 7.95. The molecule has 0 saturated carbocycles. The summed E-state index contributed by atoms with van der Waals surface area (Å²) in [6.07, 6.45) is 2.05. The summed E-state index contributed by atoms with van der Waals surface area (Å²) in [4.78, 5) is 32.0. The minimum atomic E-state index is -0.253. The maximum atomic E-state index is 13.2.